The maximum Gasteiger partial charge on any atom is 0.393 e. The van der Waals surface area contributed by atoms with Gasteiger partial charge in [0.1, 0.15) is 0 Å². The summed E-state index contributed by atoms with van der Waals surface area (Å²) in [6, 6.07) is 4.89. The molecule has 0 saturated carbocycles. The maximum atomic E-state index is 12.5. The summed E-state index contributed by atoms with van der Waals surface area (Å²) in [6.45, 7) is 3.16. The van der Waals surface area contributed by atoms with Gasteiger partial charge >= 0.3 is 6.18 Å². The summed E-state index contributed by atoms with van der Waals surface area (Å²) in [5.74, 6) is -1.20. The van der Waals surface area contributed by atoms with Crippen LogP contribution < -0.4 is 16.4 Å². The van der Waals surface area contributed by atoms with E-state index in [1.165, 1.54) is 24.3 Å². The minimum Gasteiger partial charge on any atom is -0.346 e. The number of benzene rings is 1. The van der Waals surface area contributed by atoms with Gasteiger partial charge in [-0.25, -0.2) is 0 Å². The van der Waals surface area contributed by atoms with E-state index in [4.69, 9.17) is 5.73 Å². The molecule has 1 atom stereocenters. The van der Waals surface area contributed by atoms with Crippen molar-refractivity contribution in [3.8, 4) is 0 Å². The van der Waals surface area contributed by atoms with E-state index >= 15 is 0 Å². The zero-order valence-electron chi connectivity index (χ0n) is 13.3. The molecular weight excluding hydrogens is 347 g/mol. The third-order valence-electron chi connectivity index (χ3n) is 3.13. The van der Waals surface area contributed by atoms with Gasteiger partial charge in [-0.2, -0.15) is 13.2 Å². The average Bonchev–Trinajstić information content (AvgIpc) is 2.44. The molecule has 1 rings (SSSR count). The Morgan fingerprint density at radius 1 is 1.21 bits per heavy atom. The first-order valence-electron chi connectivity index (χ1n) is 7.08. The first kappa shape index (κ1) is 22.2. The molecule has 1 aromatic rings. The molecular formula is C15H21ClF3N3O2. The fraction of sp³-hybridized carbons (Fsp3) is 0.467. The van der Waals surface area contributed by atoms with Crippen LogP contribution in [-0.4, -0.2) is 30.6 Å². The van der Waals surface area contributed by atoms with Gasteiger partial charge in [0.25, 0.3) is 0 Å². The molecule has 0 bridgehead atoms. The molecule has 9 heteroatoms. The number of hydrogen-bond donors (Lipinski definition) is 3. The smallest absolute Gasteiger partial charge is 0.346 e. The van der Waals surface area contributed by atoms with Gasteiger partial charge in [0, 0.05) is 5.69 Å². The third kappa shape index (κ3) is 7.65. The number of nitrogens with two attached hydrogens (primary N) is 1. The SMILES string of the molecule is CC(C)[C@H](N)C(=O)NCC(=O)Nc1ccccc1CC(F)(F)F.Cl. The molecule has 0 spiro atoms. The van der Waals surface area contributed by atoms with Crippen molar-refractivity contribution < 1.29 is 22.8 Å². The standard InChI is InChI=1S/C15H20F3N3O2.ClH/c1-9(2)13(19)14(23)20-8-12(22)21-11-6-4-3-5-10(11)7-15(16,17)18;/h3-6,9,13H,7-8,19H2,1-2H3,(H,20,23)(H,21,22);1H/t13-;/m0./s1. The van der Waals surface area contributed by atoms with Gasteiger partial charge < -0.3 is 16.4 Å². The zero-order valence-corrected chi connectivity index (χ0v) is 14.1. The van der Waals surface area contributed by atoms with Gasteiger partial charge in [-0.1, -0.05) is 32.0 Å². The number of hydrogen-bond acceptors (Lipinski definition) is 3. The second-order valence-electron chi connectivity index (χ2n) is 5.48. The van der Waals surface area contributed by atoms with Crippen LogP contribution in [0.4, 0.5) is 18.9 Å². The van der Waals surface area contributed by atoms with Gasteiger partial charge in [-0.15, -0.1) is 12.4 Å². The maximum absolute atomic E-state index is 12.5. The minimum absolute atomic E-state index is 0. The molecule has 4 N–H and O–H groups in total. The van der Waals surface area contributed by atoms with E-state index in [1.54, 1.807) is 13.8 Å². The van der Waals surface area contributed by atoms with E-state index < -0.39 is 30.5 Å². The van der Waals surface area contributed by atoms with Gasteiger partial charge in [0.05, 0.1) is 19.0 Å². The normalized spacial score (nSPS) is 12.3. The van der Waals surface area contributed by atoms with Crippen LogP contribution in [-0.2, 0) is 16.0 Å². The Kier molecular flexibility index (Phi) is 8.77. The Morgan fingerprint density at radius 3 is 2.33 bits per heavy atom. The second kappa shape index (κ2) is 9.48. The molecule has 136 valence electrons. The predicted molar refractivity (Wildman–Crippen MR) is 87.9 cm³/mol. The van der Waals surface area contributed by atoms with Gasteiger partial charge in [-0.05, 0) is 17.5 Å². The quantitative estimate of drug-likeness (QED) is 0.721. The number of para-hydroxylation sites is 1. The number of anilines is 1. The molecule has 0 aliphatic rings. The fourth-order valence-corrected chi connectivity index (χ4v) is 1.79. The van der Waals surface area contributed by atoms with E-state index in [1.807, 2.05) is 0 Å². The Balaban J connectivity index is 0.00000529. The summed E-state index contributed by atoms with van der Waals surface area (Å²) in [4.78, 5) is 23.4. The molecule has 0 fully saturated rings. The molecule has 0 aliphatic heterocycles. The van der Waals surface area contributed by atoms with E-state index in [2.05, 4.69) is 10.6 Å². The highest BCUT2D eigenvalue weighted by Crippen LogP contribution is 2.25. The van der Waals surface area contributed by atoms with Crippen molar-refractivity contribution in [2.45, 2.75) is 32.5 Å². The monoisotopic (exact) mass is 367 g/mol. The van der Waals surface area contributed by atoms with Gasteiger partial charge in [-0.3, -0.25) is 9.59 Å². The van der Waals surface area contributed by atoms with E-state index in [0.29, 0.717) is 0 Å². The van der Waals surface area contributed by atoms with Crippen molar-refractivity contribution in [3.63, 3.8) is 0 Å². The lowest BCUT2D eigenvalue weighted by molar-refractivity contribution is -0.127. The molecule has 1 aromatic carbocycles. The van der Waals surface area contributed by atoms with Crippen LogP contribution >= 0.6 is 12.4 Å². The first-order chi connectivity index (χ1) is 10.6. The van der Waals surface area contributed by atoms with Crippen LogP contribution in [0.15, 0.2) is 24.3 Å². The lowest BCUT2D eigenvalue weighted by atomic mass is 10.1. The van der Waals surface area contributed by atoms with Crippen molar-refractivity contribution >= 4 is 29.9 Å². The summed E-state index contributed by atoms with van der Waals surface area (Å²) >= 11 is 0. The van der Waals surface area contributed by atoms with E-state index in [9.17, 15) is 22.8 Å². The molecule has 0 aromatic heterocycles. The summed E-state index contributed by atoms with van der Waals surface area (Å²) < 4.78 is 37.5. The average molecular weight is 368 g/mol. The summed E-state index contributed by atoms with van der Waals surface area (Å²) in [7, 11) is 0. The van der Waals surface area contributed by atoms with Crippen molar-refractivity contribution in [2.24, 2.45) is 11.7 Å². The Morgan fingerprint density at radius 2 is 1.79 bits per heavy atom. The van der Waals surface area contributed by atoms with Gasteiger partial charge in [0.2, 0.25) is 11.8 Å². The Hall–Kier alpha value is -1.80. The highest BCUT2D eigenvalue weighted by Gasteiger charge is 2.29. The Labute approximate surface area is 144 Å². The highest BCUT2D eigenvalue weighted by atomic mass is 35.5. The molecule has 0 saturated heterocycles. The summed E-state index contributed by atoms with van der Waals surface area (Å²) in [6.07, 6.45) is -5.52. The molecule has 0 radical (unpaired) electrons. The Bertz CT molecular complexity index is 565. The number of halogens is 4. The van der Waals surface area contributed by atoms with Crippen LogP contribution in [0.5, 0.6) is 0 Å². The van der Waals surface area contributed by atoms with Crippen molar-refractivity contribution in [1.29, 1.82) is 0 Å². The van der Waals surface area contributed by atoms with Crippen LogP contribution in [0.3, 0.4) is 0 Å². The topological polar surface area (TPSA) is 84.2 Å². The lowest BCUT2D eigenvalue weighted by Gasteiger charge is -2.16. The molecule has 0 unspecified atom stereocenters. The van der Waals surface area contributed by atoms with Crippen LogP contribution in [0, 0.1) is 5.92 Å². The summed E-state index contributed by atoms with van der Waals surface area (Å²) in [5.41, 5.74) is 5.65. The molecule has 0 heterocycles. The van der Waals surface area contributed by atoms with E-state index in [0.717, 1.165) is 0 Å². The van der Waals surface area contributed by atoms with Crippen LogP contribution in [0.25, 0.3) is 0 Å². The molecule has 2 amide bonds. The number of rotatable bonds is 6. The highest BCUT2D eigenvalue weighted by molar-refractivity contribution is 5.95. The van der Waals surface area contributed by atoms with Crippen molar-refractivity contribution in [3.05, 3.63) is 29.8 Å². The largest absolute Gasteiger partial charge is 0.393 e. The van der Waals surface area contributed by atoms with Crippen molar-refractivity contribution in [2.75, 3.05) is 11.9 Å². The lowest BCUT2D eigenvalue weighted by Crippen LogP contribution is -2.46. The van der Waals surface area contributed by atoms with E-state index in [-0.39, 0.29) is 36.1 Å². The van der Waals surface area contributed by atoms with Crippen molar-refractivity contribution in [1.82, 2.24) is 5.32 Å². The fourth-order valence-electron chi connectivity index (χ4n) is 1.79. The number of carbonyl (C=O) groups excluding carboxylic acids is 2. The second-order valence-corrected chi connectivity index (χ2v) is 5.48. The predicted octanol–water partition coefficient (Wildman–Crippen LogP) is 2.25. The van der Waals surface area contributed by atoms with Crippen LogP contribution in [0.1, 0.15) is 19.4 Å². The molecule has 24 heavy (non-hydrogen) atoms. The van der Waals surface area contributed by atoms with Gasteiger partial charge in [0.15, 0.2) is 0 Å². The molecule has 0 aliphatic carbocycles. The number of nitrogens with one attached hydrogen (secondary N) is 2. The first-order valence-corrected chi connectivity index (χ1v) is 7.08. The zero-order chi connectivity index (χ0) is 17.6. The number of carbonyl (C=O) groups is 2. The van der Waals surface area contributed by atoms with Crippen LogP contribution in [0.2, 0.25) is 0 Å². The number of alkyl halides is 3. The number of amides is 2. The summed E-state index contributed by atoms with van der Waals surface area (Å²) in [5, 5.41) is 4.72. The minimum atomic E-state index is -4.38. The third-order valence-corrected chi connectivity index (χ3v) is 3.13. The molecule has 5 nitrogen and oxygen atoms in total.